The zero-order valence-corrected chi connectivity index (χ0v) is 9.04. The summed E-state index contributed by atoms with van der Waals surface area (Å²) in [4.78, 5) is 10.4. The molecule has 0 spiro atoms. The Morgan fingerprint density at radius 3 is 2.62 bits per heavy atom. The zero-order chi connectivity index (χ0) is 12.1. The summed E-state index contributed by atoms with van der Waals surface area (Å²) < 4.78 is 25.5. The van der Waals surface area contributed by atoms with Gasteiger partial charge in [0.2, 0.25) is 0 Å². The maximum Gasteiger partial charge on any atom is 0.303 e. The summed E-state index contributed by atoms with van der Waals surface area (Å²) in [6.45, 7) is 1.83. The van der Waals surface area contributed by atoms with Crippen LogP contribution in [0, 0.1) is 17.6 Å². The quantitative estimate of drug-likeness (QED) is 0.841. The number of carbonyl (C=O) groups is 1. The van der Waals surface area contributed by atoms with Gasteiger partial charge in [-0.2, -0.15) is 0 Å². The Morgan fingerprint density at radius 1 is 1.38 bits per heavy atom. The van der Waals surface area contributed by atoms with E-state index in [1.54, 1.807) is 0 Å². The minimum Gasteiger partial charge on any atom is -0.481 e. The maximum absolute atomic E-state index is 12.8. The van der Waals surface area contributed by atoms with E-state index in [-0.39, 0.29) is 12.3 Å². The third kappa shape index (κ3) is 3.96. The number of halogens is 2. The van der Waals surface area contributed by atoms with Gasteiger partial charge in [-0.15, -0.1) is 0 Å². The number of rotatable bonds is 5. The largest absolute Gasteiger partial charge is 0.481 e. The zero-order valence-electron chi connectivity index (χ0n) is 9.04. The molecule has 88 valence electrons. The fourth-order valence-electron chi connectivity index (χ4n) is 1.51. The van der Waals surface area contributed by atoms with Crippen LogP contribution in [0.15, 0.2) is 18.2 Å². The van der Waals surface area contributed by atoms with Crippen LogP contribution in [0.5, 0.6) is 0 Å². The van der Waals surface area contributed by atoms with E-state index in [1.165, 1.54) is 6.07 Å². The predicted molar refractivity (Wildman–Crippen MR) is 56.1 cm³/mol. The summed E-state index contributed by atoms with van der Waals surface area (Å²) in [5.41, 5.74) is 0.691. The first-order chi connectivity index (χ1) is 7.49. The van der Waals surface area contributed by atoms with Crippen molar-refractivity contribution < 1.29 is 18.7 Å². The van der Waals surface area contributed by atoms with Gasteiger partial charge in [0.25, 0.3) is 0 Å². The highest BCUT2D eigenvalue weighted by molar-refractivity contribution is 5.66. The van der Waals surface area contributed by atoms with E-state index >= 15 is 0 Å². The molecule has 16 heavy (non-hydrogen) atoms. The first-order valence-corrected chi connectivity index (χ1v) is 5.14. The molecule has 0 bridgehead atoms. The van der Waals surface area contributed by atoms with Gasteiger partial charge in [0, 0.05) is 6.42 Å². The Balaban J connectivity index is 2.48. The minimum absolute atomic E-state index is 0.0330. The molecule has 0 heterocycles. The molecule has 1 unspecified atom stereocenters. The first kappa shape index (κ1) is 12.6. The Morgan fingerprint density at radius 2 is 2.06 bits per heavy atom. The number of benzene rings is 1. The van der Waals surface area contributed by atoms with E-state index in [9.17, 15) is 13.6 Å². The molecule has 0 aliphatic carbocycles. The SMILES string of the molecule is CC(CCc1ccc(F)c(F)c1)CC(=O)O. The van der Waals surface area contributed by atoms with Crippen LogP contribution in [0.3, 0.4) is 0 Å². The van der Waals surface area contributed by atoms with E-state index < -0.39 is 17.6 Å². The van der Waals surface area contributed by atoms with Crippen molar-refractivity contribution in [3.05, 3.63) is 35.4 Å². The highest BCUT2D eigenvalue weighted by Gasteiger charge is 2.08. The lowest BCUT2D eigenvalue weighted by Gasteiger charge is -2.08. The van der Waals surface area contributed by atoms with Crippen molar-refractivity contribution in [1.82, 2.24) is 0 Å². The van der Waals surface area contributed by atoms with Gasteiger partial charge in [0.05, 0.1) is 0 Å². The number of hydrogen-bond donors (Lipinski definition) is 1. The molecule has 1 aromatic rings. The predicted octanol–water partition coefficient (Wildman–Crippen LogP) is 3.01. The Bertz CT molecular complexity index is 377. The average Bonchev–Trinajstić information content (AvgIpc) is 2.19. The number of aliphatic carboxylic acids is 1. The summed E-state index contributed by atoms with van der Waals surface area (Å²) in [6.07, 6.45) is 1.31. The van der Waals surface area contributed by atoms with Crippen LogP contribution < -0.4 is 0 Å². The molecule has 4 heteroatoms. The molecule has 0 aliphatic rings. The van der Waals surface area contributed by atoms with Crippen LogP contribution in [0.25, 0.3) is 0 Å². The molecule has 0 radical (unpaired) electrons. The molecule has 1 atom stereocenters. The Kier molecular flexibility index (Phi) is 4.40. The lowest BCUT2D eigenvalue weighted by atomic mass is 9.98. The maximum atomic E-state index is 12.8. The Labute approximate surface area is 92.9 Å². The minimum atomic E-state index is -0.859. The number of hydrogen-bond acceptors (Lipinski definition) is 1. The van der Waals surface area contributed by atoms with Crippen LogP contribution in [-0.4, -0.2) is 11.1 Å². The Hall–Kier alpha value is -1.45. The topological polar surface area (TPSA) is 37.3 Å². The highest BCUT2D eigenvalue weighted by Crippen LogP contribution is 2.15. The second-order valence-corrected chi connectivity index (χ2v) is 3.99. The van der Waals surface area contributed by atoms with Gasteiger partial charge in [-0.3, -0.25) is 4.79 Å². The number of aryl methyl sites for hydroxylation is 1. The van der Waals surface area contributed by atoms with E-state index in [0.717, 1.165) is 12.1 Å². The van der Waals surface area contributed by atoms with Gasteiger partial charge in [0.1, 0.15) is 0 Å². The molecule has 2 nitrogen and oxygen atoms in total. The van der Waals surface area contributed by atoms with Crippen LogP contribution in [0.1, 0.15) is 25.3 Å². The molecular weight excluding hydrogens is 214 g/mol. The smallest absolute Gasteiger partial charge is 0.303 e. The molecule has 0 saturated carbocycles. The third-order valence-corrected chi connectivity index (χ3v) is 2.43. The second-order valence-electron chi connectivity index (χ2n) is 3.99. The standard InChI is InChI=1S/C12H14F2O2/c1-8(6-12(15)16)2-3-9-4-5-10(13)11(14)7-9/h4-5,7-8H,2-3,6H2,1H3,(H,15,16). The summed E-state index contributed by atoms with van der Waals surface area (Å²) in [5, 5.41) is 8.55. The van der Waals surface area contributed by atoms with Crippen molar-refractivity contribution in [2.75, 3.05) is 0 Å². The van der Waals surface area contributed by atoms with Gasteiger partial charge in [-0.25, -0.2) is 8.78 Å². The van der Waals surface area contributed by atoms with Crippen molar-refractivity contribution >= 4 is 5.97 Å². The fourth-order valence-corrected chi connectivity index (χ4v) is 1.51. The number of carboxylic acids is 1. The third-order valence-electron chi connectivity index (χ3n) is 2.43. The molecule has 1 rings (SSSR count). The lowest BCUT2D eigenvalue weighted by Crippen LogP contribution is -2.05. The number of carboxylic acid groups (broad SMARTS) is 1. The molecule has 0 amide bonds. The summed E-state index contributed by atoms with van der Waals surface area (Å²) in [7, 11) is 0. The van der Waals surface area contributed by atoms with E-state index in [1.807, 2.05) is 6.92 Å². The molecular formula is C12H14F2O2. The van der Waals surface area contributed by atoms with Gasteiger partial charge in [0.15, 0.2) is 11.6 Å². The van der Waals surface area contributed by atoms with Crippen molar-refractivity contribution in [3.8, 4) is 0 Å². The lowest BCUT2D eigenvalue weighted by molar-refractivity contribution is -0.138. The van der Waals surface area contributed by atoms with Crippen LogP contribution in [0.2, 0.25) is 0 Å². The van der Waals surface area contributed by atoms with E-state index in [4.69, 9.17) is 5.11 Å². The van der Waals surface area contributed by atoms with E-state index in [2.05, 4.69) is 0 Å². The van der Waals surface area contributed by atoms with Crippen molar-refractivity contribution in [2.45, 2.75) is 26.2 Å². The summed E-state index contributed by atoms with van der Waals surface area (Å²) in [6, 6.07) is 3.77. The van der Waals surface area contributed by atoms with Gasteiger partial charge >= 0.3 is 5.97 Å². The summed E-state index contributed by atoms with van der Waals surface area (Å²) >= 11 is 0. The van der Waals surface area contributed by atoms with Crippen LogP contribution in [0.4, 0.5) is 8.78 Å². The van der Waals surface area contributed by atoms with Crippen molar-refractivity contribution in [2.24, 2.45) is 5.92 Å². The monoisotopic (exact) mass is 228 g/mol. The molecule has 0 fully saturated rings. The van der Waals surface area contributed by atoms with Crippen molar-refractivity contribution in [3.63, 3.8) is 0 Å². The highest BCUT2D eigenvalue weighted by atomic mass is 19.2. The molecule has 1 N–H and O–H groups in total. The normalized spacial score (nSPS) is 12.4. The molecule has 0 aliphatic heterocycles. The van der Waals surface area contributed by atoms with Gasteiger partial charge < -0.3 is 5.11 Å². The van der Waals surface area contributed by atoms with Crippen LogP contribution in [-0.2, 0) is 11.2 Å². The first-order valence-electron chi connectivity index (χ1n) is 5.14. The van der Waals surface area contributed by atoms with E-state index in [0.29, 0.717) is 18.4 Å². The van der Waals surface area contributed by atoms with Gasteiger partial charge in [-0.1, -0.05) is 13.0 Å². The second kappa shape index (κ2) is 5.58. The fraction of sp³-hybridized carbons (Fsp3) is 0.417. The average molecular weight is 228 g/mol. The molecule has 0 aromatic heterocycles. The molecule has 0 saturated heterocycles. The summed E-state index contributed by atoms with van der Waals surface area (Å²) in [5.74, 6) is -2.52. The van der Waals surface area contributed by atoms with Gasteiger partial charge in [-0.05, 0) is 36.5 Å². The van der Waals surface area contributed by atoms with Crippen LogP contribution >= 0.6 is 0 Å². The van der Waals surface area contributed by atoms with Crippen molar-refractivity contribution in [1.29, 1.82) is 0 Å². The molecule has 1 aromatic carbocycles.